The number of carbonyl (C=O) groups is 2. The molecule has 0 aromatic heterocycles. The Morgan fingerprint density at radius 3 is 2.55 bits per heavy atom. The van der Waals surface area contributed by atoms with Gasteiger partial charge >= 0.3 is 0 Å². The molecule has 176 valence electrons. The zero-order valence-corrected chi connectivity index (χ0v) is 19.0. The first-order valence-corrected chi connectivity index (χ1v) is 12.4. The Labute approximate surface area is 193 Å². The second-order valence-electron chi connectivity index (χ2n) is 7.89. The van der Waals surface area contributed by atoms with Gasteiger partial charge in [0.15, 0.2) is 0 Å². The van der Waals surface area contributed by atoms with Gasteiger partial charge in [0.05, 0.1) is 35.5 Å². The molecule has 2 aromatic carbocycles. The summed E-state index contributed by atoms with van der Waals surface area (Å²) in [4.78, 5) is 25.6. The molecule has 2 aliphatic heterocycles. The minimum Gasteiger partial charge on any atom is -0.379 e. The number of rotatable bonds is 7. The number of benzene rings is 2. The van der Waals surface area contributed by atoms with Crippen molar-refractivity contribution in [2.45, 2.75) is 23.8 Å². The molecule has 0 spiro atoms. The highest BCUT2D eigenvalue weighted by Gasteiger charge is 2.27. The van der Waals surface area contributed by atoms with E-state index in [0.29, 0.717) is 37.6 Å². The Hall–Kier alpha value is -2.79. The first-order valence-electron chi connectivity index (χ1n) is 10.9. The Balaban J connectivity index is 1.47. The average Bonchev–Trinajstić information content (AvgIpc) is 3.37. The molecule has 1 atom stereocenters. The fourth-order valence-electron chi connectivity index (χ4n) is 3.83. The van der Waals surface area contributed by atoms with Crippen molar-refractivity contribution in [1.29, 1.82) is 0 Å². The molecular weight excluding hydrogens is 446 g/mol. The molecule has 2 fully saturated rings. The molecule has 0 unspecified atom stereocenters. The molecule has 0 aliphatic carbocycles. The van der Waals surface area contributed by atoms with Crippen LogP contribution in [-0.4, -0.2) is 70.1 Å². The van der Waals surface area contributed by atoms with Crippen molar-refractivity contribution in [3.63, 3.8) is 0 Å². The molecule has 2 aromatic rings. The lowest BCUT2D eigenvalue weighted by atomic mass is 10.1. The van der Waals surface area contributed by atoms with Crippen LogP contribution in [0.4, 0.5) is 5.69 Å². The summed E-state index contributed by atoms with van der Waals surface area (Å²) in [6, 6.07) is 12.6. The van der Waals surface area contributed by atoms with Crippen LogP contribution in [0.25, 0.3) is 0 Å². The summed E-state index contributed by atoms with van der Waals surface area (Å²) in [7, 11) is -3.73. The van der Waals surface area contributed by atoms with Crippen LogP contribution in [0, 0.1) is 0 Å². The van der Waals surface area contributed by atoms with Crippen LogP contribution in [-0.2, 0) is 19.5 Å². The molecule has 2 N–H and O–H groups in total. The van der Waals surface area contributed by atoms with E-state index in [4.69, 9.17) is 9.47 Å². The number of morpholine rings is 1. The van der Waals surface area contributed by atoms with Crippen LogP contribution in [0.5, 0.6) is 0 Å². The minimum atomic E-state index is -3.73. The monoisotopic (exact) mass is 473 g/mol. The predicted molar refractivity (Wildman–Crippen MR) is 122 cm³/mol. The van der Waals surface area contributed by atoms with Crippen molar-refractivity contribution in [2.24, 2.45) is 0 Å². The number of nitrogens with one attached hydrogen (secondary N) is 2. The second-order valence-corrected chi connectivity index (χ2v) is 9.83. The van der Waals surface area contributed by atoms with Gasteiger partial charge in [-0.1, -0.05) is 18.2 Å². The third kappa shape index (κ3) is 5.59. The first-order chi connectivity index (χ1) is 15.9. The molecule has 2 amide bonds. The van der Waals surface area contributed by atoms with Crippen LogP contribution in [0.1, 0.15) is 33.6 Å². The van der Waals surface area contributed by atoms with Crippen LogP contribution in [0.15, 0.2) is 53.4 Å². The summed E-state index contributed by atoms with van der Waals surface area (Å²) < 4.78 is 37.9. The van der Waals surface area contributed by atoms with Crippen LogP contribution in [0.3, 0.4) is 0 Å². The van der Waals surface area contributed by atoms with Crippen molar-refractivity contribution in [3.8, 4) is 0 Å². The Kier molecular flexibility index (Phi) is 7.39. The van der Waals surface area contributed by atoms with Gasteiger partial charge in [0, 0.05) is 31.8 Å². The van der Waals surface area contributed by atoms with Crippen molar-refractivity contribution in [1.82, 2.24) is 9.62 Å². The van der Waals surface area contributed by atoms with Gasteiger partial charge in [-0.2, -0.15) is 4.31 Å². The zero-order valence-electron chi connectivity index (χ0n) is 18.2. The number of hydrogen-bond donors (Lipinski definition) is 2. The molecule has 0 radical (unpaired) electrons. The number of sulfonamides is 1. The largest absolute Gasteiger partial charge is 0.379 e. The van der Waals surface area contributed by atoms with Crippen LogP contribution < -0.4 is 10.6 Å². The van der Waals surface area contributed by atoms with Crippen molar-refractivity contribution in [3.05, 3.63) is 59.7 Å². The van der Waals surface area contributed by atoms with E-state index in [1.165, 1.54) is 28.6 Å². The maximum Gasteiger partial charge on any atom is 0.255 e. The maximum atomic E-state index is 12.9. The quantitative estimate of drug-likeness (QED) is 0.635. The Morgan fingerprint density at radius 1 is 1.00 bits per heavy atom. The number of hydrogen-bond acceptors (Lipinski definition) is 6. The van der Waals surface area contributed by atoms with Crippen LogP contribution >= 0.6 is 0 Å². The molecular formula is C23H27N3O6S. The van der Waals surface area contributed by atoms with Gasteiger partial charge < -0.3 is 20.1 Å². The fraction of sp³-hybridized carbons (Fsp3) is 0.391. The lowest BCUT2D eigenvalue weighted by Crippen LogP contribution is -2.40. The lowest BCUT2D eigenvalue weighted by Gasteiger charge is -2.26. The van der Waals surface area contributed by atoms with E-state index in [0.717, 1.165) is 12.8 Å². The van der Waals surface area contributed by atoms with Crippen molar-refractivity contribution >= 4 is 27.5 Å². The molecule has 10 heteroatoms. The Bertz CT molecular complexity index is 1110. The SMILES string of the molecule is O=C(Nc1ccccc1C(=O)NC[C@H]1CCCO1)c1cccc(S(=O)(=O)N2CCOCC2)c1. The van der Waals surface area contributed by atoms with Gasteiger partial charge in [-0.05, 0) is 43.2 Å². The fourth-order valence-corrected chi connectivity index (χ4v) is 5.28. The Morgan fingerprint density at radius 2 is 1.79 bits per heavy atom. The molecule has 2 aliphatic rings. The van der Waals surface area contributed by atoms with E-state index >= 15 is 0 Å². The molecule has 2 saturated heterocycles. The average molecular weight is 474 g/mol. The predicted octanol–water partition coefficient (Wildman–Crippen LogP) is 1.87. The van der Waals surface area contributed by atoms with Crippen molar-refractivity contribution < 1.29 is 27.5 Å². The first kappa shape index (κ1) is 23.4. The third-order valence-electron chi connectivity index (χ3n) is 5.64. The van der Waals surface area contributed by atoms with Crippen LogP contribution in [0.2, 0.25) is 0 Å². The number of para-hydroxylation sites is 1. The van der Waals surface area contributed by atoms with Gasteiger partial charge in [-0.25, -0.2) is 8.42 Å². The standard InChI is InChI=1S/C23H27N3O6S/c27-22(17-5-3-7-19(15-17)33(29,30)26-10-13-31-14-11-26)25-21-9-2-1-8-20(21)23(28)24-16-18-6-4-12-32-18/h1-3,5,7-9,15,18H,4,6,10-14,16H2,(H,24,28)(H,25,27)/t18-/m1/s1. The van der Waals surface area contributed by atoms with Gasteiger partial charge in [-0.3, -0.25) is 9.59 Å². The maximum absolute atomic E-state index is 12.9. The van der Waals surface area contributed by atoms with E-state index in [9.17, 15) is 18.0 Å². The second kappa shape index (κ2) is 10.4. The van der Waals surface area contributed by atoms with Gasteiger partial charge in [0.1, 0.15) is 0 Å². The number of amides is 2. The van der Waals surface area contributed by atoms with E-state index in [1.807, 2.05) is 0 Å². The lowest BCUT2D eigenvalue weighted by molar-refractivity contribution is 0.0730. The highest BCUT2D eigenvalue weighted by Crippen LogP contribution is 2.21. The number of nitrogens with zero attached hydrogens (tertiary/aromatic N) is 1. The van der Waals surface area contributed by atoms with Gasteiger partial charge in [0.2, 0.25) is 10.0 Å². The number of ether oxygens (including phenoxy) is 2. The molecule has 4 rings (SSSR count). The zero-order chi connectivity index (χ0) is 23.3. The summed E-state index contributed by atoms with van der Waals surface area (Å²) in [6.45, 7) is 2.33. The van der Waals surface area contributed by atoms with Crippen molar-refractivity contribution in [2.75, 3.05) is 44.8 Å². The number of anilines is 1. The van der Waals surface area contributed by atoms with E-state index in [1.54, 1.807) is 24.3 Å². The van der Waals surface area contributed by atoms with E-state index in [-0.39, 0.29) is 35.6 Å². The van der Waals surface area contributed by atoms with E-state index < -0.39 is 15.9 Å². The van der Waals surface area contributed by atoms with E-state index in [2.05, 4.69) is 10.6 Å². The summed E-state index contributed by atoms with van der Waals surface area (Å²) in [5.74, 6) is -0.821. The third-order valence-corrected chi connectivity index (χ3v) is 7.53. The summed E-state index contributed by atoms with van der Waals surface area (Å²) in [5, 5.41) is 5.58. The molecule has 0 bridgehead atoms. The minimum absolute atomic E-state index is 0.00635. The summed E-state index contributed by atoms with van der Waals surface area (Å²) >= 11 is 0. The number of carbonyl (C=O) groups excluding carboxylic acids is 2. The normalized spacial score (nSPS) is 19.2. The smallest absolute Gasteiger partial charge is 0.255 e. The van der Waals surface area contributed by atoms with Gasteiger partial charge in [0.25, 0.3) is 11.8 Å². The van der Waals surface area contributed by atoms with Gasteiger partial charge in [-0.15, -0.1) is 0 Å². The molecule has 33 heavy (non-hydrogen) atoms. The highest BCUT2D eigenvalue weighted by molar-refractivity contribution is 7.89. The summed E-state index contributed by atoms with van der Waals surface area (Å²) in [6.07, 6.45) is 1.89. The molecule has 9 nitrogen and oxygen atoms in total. The summed E-state index contributed by atoms with van der Waals surface area (Å²) in [5.41, 5.74) is 0.841. The molecule has 2 heterocycles. The molecule has 0 saturated carbocycles. The topological polar surface area (TPSA) is 114 Å². The highest BCUT2D eigenvalue weighted by atomic mass is 32.2.